The zero-order chi connectivity index (χ0) is 18.9. The SMILES string of the molecule is COc1ccnc(Nc2nc3c(s2)CCN(C2CCOCC2)c2[nH]ncc2-3)n1. The summed E-state index contributed by atoms with van der Waals surface area (Å²) in [6.45, 7) is 2.57. The Morgan fingerprint density at radius 3 is 3.07 bits per heavy atom. The lowest BCUT2D eigenvalue weighted by Gasteiger charge is -2.34. The van der Waals surface area contributed by atoms with E-state index in [0.29, 0.717) is 17.9 Å². The number of rotatable bonds is 4. The van der Waals surface area contributed by atoms with Crippen molar-refractivity contribution < 1.29 is 9.47 Å². The fraction of sp³-hybridized carbons (Fsp3) is 0.444. The fourth-order valence-electron chi connectivity index (χ4n) is 3.76. The van der Waals surface area contributed by atoms with E-state index in [1.54, 1.807) is 30.7 Å². The van der Waals surface area contributed by atoms with Gasteiger partial charge in [0.05, 0.1) is 24.6 Å². The van der Waals surface area contributed by atoms with E-state index in [2.05, 4.69) is 30.4 Å². The van der Waals surface area contributed by atoms with Crippen LogP contribution < -0.4 is 15.0 Å². The zero-order valence-electron chi connectivity index (χ0n) is 15.5. The van der Waals surface area contributed by atoms with Crippen LogP contribution in [-0.2, 0) is 11.2 Å². The van der Waals surface area contributed by atoms with Gasteiger partial charge in [0.15, 0.2) is 5.13 Å². The maximum absolute atomic E-state index is 5.54. The van der Waals surface area contributed by atoms with Gasteiger partial charge in [0.1, 0.15) is 5.82 Å². The maximum atomic E-state index is 5.54. The van der Waals surface area contributed by atoms with Crippen LogP contribution in [0.2, 0.25) is 0 Å². The van der Waals surface area contributed by atoms with Gasteiger partial charge in [-0.15, -0.1) is 11.3 Å². The summed E-state index contributed by atoms with van der Waals surface area (Å²) < 4.78 is 10.7. The molecule has 0 saturated carbocycles. The molecule has 0 aliphatic carbocycles. The van der Waals surface area contributed by atoms with E-state index >= 15 is 0 Å². The third-order valence-electron chi connectivity index (χ3n) is 5.13. The van der Waals surface area contributed by atoms with E-state index in [1.165, 1.54) is 4.88 Å². The number of aromatic amines is 1. The minimum Gasteiger partial charge on any atom is -0.481 e. The van der Waals surface area contributed by atoms with Crippen molar-refractivity contribution in [2.75, 3.05) is 37.1 Å². The van der Waals surface area contributed by atoms with Crippen LogP contribution in [0.5, 0.6) is 5.88 Å². The molecular formula is C18H21N7O2S. The number of methoxy groups -OCH3 is 1. The normalized spacial score (nSPS) is 17.0. The van der Waals surface area contributed by atoms with Gasteiger partial charge in [-0.05, 0) is 12.8 Å². The van der Waals surface area contributed by atoms with E-state index in [1.807, 2.05) is 6.20 Å². The summed E-state index contributed by atoms with van der Waals surface area (Å²) in [6.07, 6.45) is 6.55. The van der Waals surface area contributed by atoms with Gasteiger partial charge in [-0.3, -0.25) is 10.4 Å². The molecule has 5 heterocycles. The number of ether oxygens (including phenoxy) is 2. The number of nitrogens with zero attached hydrogens (tertiary/aromatic N) is 5. The monoisotopic (exact) mass is 399 g/mol. The molecule has 0 atom stereocenters. The molecule has 3 aromatic heterocycles. The van der Waals surface area contributed by atoms with Crippen molar-refractivity contribution in [2.45, 2.75) is 25.3 Å². The van der Waals surface area contributed by atoms with Crippen molar-refractivity contribution in [1.29, 1.82) is 0 Å². The lowest BCUT2D eigenvalue weighted by Crippen LogP contribution is -2.40. The van der Waals surface area contributed by atoms with Gasteiger partial charge in [0.25, 0.3) is 0 Å². The third kappa shape index (κ3) is 3.18. The molecule has 3 aromatic rings. The van der Waals surface area contributed by atoms with Crippen LogP contribution in [0, 0.1) is 0 Å². The highest BCUT2D eigenvalue weighted by Gasteiger charge is 2.30. The molecule has 146 valence electrons. The first-order chi connectivity index (χ1) is 13.8. The first-order valence-electron chi connectivity index (χ1n) is 9.33. The van der Waals surface area contributed by atoms with Gasteiger partial charge in [0.2, 0.25) is 11.8 Å². The van der Waals surface area contributed by atoms with Crippen LogP contribution in [-0.4, -0.2) is 58.1 Å². The van der Waals surface area contributed by atoms with Gasteiger partial charge >= 0.3 is 0 Å². The summed E-state index contributed by atoms with van der Waals surface area (Å²) in [7, 11) is 1.59. The molecule has 0 radical (unpaired) electrons. The highest BCUT2D eigenvalue weighted by molar-refractivity contribution is 7.16. The molecule has 0 aromatic carbocycles. The fourth-order valence-corrected chi connectivity index (χ4v) is 4.72. The van der Waals surface area contributed by atoms with Crippen LogP contribution in [0.1, 0.15) is 17.7 Å². The predicted molar refractivity (Wildman–Crippen MR) is 106 cm³/mol. The van der Waals surface area contributed by atoms with Crippen LogP contribution in [0.15, 0.2) is 18.5 Å². The van der Waals surface area contributed by atoms with Crippen molar-refractivity contribution >= 4 is 28.2 Å². The highest BCUT2D eigenvalue weighted by Crippen LogP contribution is 2.40. The summed E-state index contributed by atoms with van der Waals surface area (Å²) in [5, 5.41) is 11.5. The molecule has 2 aliphatic rings. The number of hydrogen-bond acceptors (Lipinski definition) is 9. The summed E-state index contributed by atoms with van der Waals surface area (Å²) in [5.74, 6) is 2.04. The van der Waals surface area contributed by atoms with Crippen molar-refractivity contribution in [2.24, 2.45) is 0 Å². The number of anilines is 3. The van der Waals surface area contributed by atoms with Gasteiger partial charge in [-0.2, -0.15) is 10.1 Å². The first-order valence-corrected chi connectivity index (χ1v) is 10.2. The van der Waals surface area contributed by atoms with Crippen molar-refractivity contribution in [3.63, 3.8) is 0 Å². The molecule has 2 aliphatic heterocycles. The second-order valence-electron chi connectivity index (χ2n) is 6.76. The molecule has 5 rings (SSSR count). The molecule has 0 unspecified atom stereocenters. The Bertz CT molecular complexity index is 967. The van der Waals surface area contributed by atoms with Crippen LogP contribution >= 0.6 is 11.3 Å². The van der Waals surface area contributed by atoms with E-state index in [4.69, 9.17) is 14.5 Å². The average molecular weight is 399 g/mol. The molecule has 9 nitrogen and oxygen atoms in total. The zero-order valence-corrected chi connectivity index (χ0v) is 16.3. The molecule has 28 heavy (non-hydrogen) atoms. The number of aromatic nitrogens is 5. The third-order valence-corrected chi connectivity index (χ3v) is 6.16. The topological polar surface area (TPSA) is 101 Å². The predicted octanol–water partition coefficient (Wildman–Crippen LogP) is 2.62. The number of hydrogen-bond donors (Lipinski definition) is 2. The molecule has 0 amide bonds. The Hall–Kier alpha value is -2.72. The summed E-state index contributed by atoms with van der Waals surface area (Å²) >= 11 is 1.64. The summed E-state index contributed by atoms with van der Waals surface area (Å²) in [4.78, 5) is 17.1. The Labute approximate surface area is 166 Å². The molecule has 0 spiro atoms. The number of thiazole rings is 1. The van der Waals surface area contributed by atoms with Crippen LogP contribution in [0.3, 0.4) is 0 Å². The Morgan fingerprint density at radius 2 is 2.21 bits per heavy atom. The Balaban J connectivity index is 1.44. The van der Waals surface area contributed by atoms with Crippen LogP contribution in [0.25, 0.3) is 11.3 Å². The number of H-pyrrole nitrogens is 1. The van der Waals surface area contributed by atoms with Gasteiger partial charge in [-0.1, -0.05) is 0 Å². The molecular weight excluding hydrogens is 378 g/mol. The second kappa shape index (κ2) is 7.36. The van der Waals surface area contributed by atoms with E-state index in [-0.39, 0.29) is 0 Å². The quantitative estimate of drug-likeness (QED) is 0.690. The minimum atomic E-state index is 0.472. The van der Waals surface area contributed by atoms with Gasteiger partial charge in [0, 0.05) is 49.4 Å². The molecule has 1 fully saturated rings. The first kappa shape index (κ1) is 17.4. The van der Waals surface area contributed by atoms with Crippen molar-refractivity contribution in [3.05, 3.63) is 23.3 Å². The van der Waals surface area contributed by atoms with Crippen LogP contribution in [0.4, 0.5) is 16.9 Å². The molecule has 2 N–H and O–H groups in total. The van der Waals surface area contributed by atoms with E-state index < -0.39 is 0 Å². The van der Waals surface area contributed by atoms with Crippen molar-refractivity contribution in [3.8, 4) is 17.1 Å². The summed E-state index contributed by atoms with van der Waals surface area (Å²) in [6, 6.07) is 2.19. The van der Waals surface area contributed by atoms with E-state index in [9.17, 15) is 0 Å². The highest BCUT2D eigenvalue weighted by atomic mass is 32.1. The molecule has 1 saturated heterocycles. The Morgan fingerprint density at radius 1 is 1.32 bits per heavy atom. The maximum Gasteiger partial charge on any atom is 0.232 e. The smallest absolute Gasteiger partial charge is 0.232 e. The number of fused-ring (bicyclic) bond motifs is 3. The second-order valence-corrected chi connectivity index (χ2v) is 7.84. The van der Waals surface area contributed by atoms with Crippen molar-refractivity contribution in [1.82, 2.24) is 25.1 Å². The molecule has 10 heteroatoms. The lowest BCUT2D eigenvalue weighted by molar-refractivity contribution is 0.0843. The summed E-state index contributed by atoms with van der Waals surface area (Å²) in [5.41, 5.74) is 2.03. The van der Waals surface area contributed by atoms with Gasteiger partial charge < -0.3 is 14.4 Å². The lowest BCUT2D eigenvalue weighted by atomic mass is 10.1. The average Bonchev–Trinajstić information content (AvgIpc) is 3.34. The number of nitrogens with one attached hydrogen (secondary N) is 2. The molecule has 0 bridgehead atoms. The standard InChI is InChI=1S/C18H21N7O2S/c1-26-14-2-6-19-17(21-14)23-18-22-15-12-10-20-24-16(12)25(7-3-13(15)28-18)11-4-8-27-9-5-11/h2,6,10-11H,3-5,7-9H2,1H3,(H,20,24)(H,19,21,22,23). The Kier molecular flexibility index (Phi) is 4.57. The van der Waals surface area contributed by atoms with E-state index in [0.717, 1.165) is 61.2 Å². The largest absolute Gasteiger partial charge is 0.481 e. The minimum absolute atomic E-state index is 0.472. The van der Waals surface area contributed by atoms with Gasteiger partial charge in [-0.25, -0.2) is 9.97 Å².